The van der Waals surface area contributed by atoms with Crippen LogP contribution in [0.5, 0.6) is 0 Å². The molecule has 0 radical (unpaired) electrons. The van der Waals surface area contributed by atoms with E-state index in [0.29, 0.717) is 11.1 Å². The minimum absolute atomic E-state index is 0.0285. The van der Waals surface area contributed by atoms with E-state index in [0.717, 1.165) is 11.1 Å². The number of nitrogens with one attached hydrogen (secondary N) is 3. The Bertz CT molecular complexity index is 1170. The average molecular weight is 438 g/mol. The Morgan fingerprint density at radius 3 is 2.66 bits per heavy atom. The third-order valence-electron chi connectivity index (χ3n) is 4.60. The van der Waals surface area contributed by atoms with Crippen LogP contribution in [-0.4, -0.2) is 54.2 Å². The summed E-state index contributed by atoms with van der Waals surface area (Å²) in [6.07, 6.45) is -0.113. The summed E-state index contributed by atoms with van der Waals surface area (Å²) in [6.45, 7) is 1.29. The molecule has 3 aromatic rings. The molecule has 0 aliphatic carbocycles. The quantitative estimate of drug-likeness (QED) is 0.457. The number of carbonyl (C=O) groups is 4. The van der Waals surface area contributed by atoms with Crippen LogP contribution in [0.25, 0.3) is 10.9 Å². The van der Waals surface area contributed by atoms with Crippen molar-refractivity contribution in [1.29, 1.82) is 0 Å². The van der Waals surface area contributed by atoms with Gasteiger partial charge in [-0.05, 0) is 30.7 Å². The topological polar surface area (TPSA) is 139 Å². The molecule has 1 aromatic heterocycles. The van der Waals surface area contributed by atoms with Crippen molar-refractivity contribution in [3.63, 3.8) is 0 Å². The van der Waals surface area contributed by atoms with Gasteiger partial charge in [-0.25, -0.2) is 4.79 Å². The summed E-state index contributed by atoms with van der Waals surface area (Å²) >= 11 is 0. The van der Waals surface area contributed by atoms with E-state index in [1.165, 1.54) is 13.2 Å². The first-order valence-electron chi connectivity index (χ1n) is 9.74. The zero-order valence-corrected chi connectivity index (χ0v) is 17.6. The van der Waals surface area contributed by atoms with Crippen molar-refractivity contribution in [2.75, 3.05) is 25.6 Å². The Balaban J connectivity index is 1.43. The number of esters is 2. The number of carbonyl (C=O) groups excluding carboxylic acids is 4. The number of amides is 2. The van der Waals surface area contributed by atoms with Gasteiger partial charge in [0.25, 0.3) is 11.8 Å². The molecule has 166 valence electrons. The van der Waals surface area contributed by atoms with Crippen LogP contribution in [0.2, 0.25) is 0 Å². The van der Waals surface area contributed by atoms with Gasteiger partial charge in [0, 0.05) is 17.6 Å². The molecule has 10 heteroatoms. The highest BCUT2D eigenvalue weighted by atomic mass is 16.5. The van der Waals surface area contributed by atoms with Gasteiger partial charge in [0.1, 0.15) is 0 Å². The van der Waals surface area contributed by atoms with Crippen LogP contribution in [0.15, 0.2) is 42.5 Å². The van der Waals surface area contributed by atoms with Crippen molar-refractivity contribution in [3.8, 4) is 0 Å². The highest BCUT2D eigenvalue weighted by Crippen LogP contribution is 2.18. The van der Waals surface area contributed by atoms with Gasteiger partial charge in [0.2, 0.25) is 0 Å². The van der Waals surface area contributed by atoms with Gasteiger partial charge in [-0.3, -0.25) is 19.5 Å². The van der Waals surface area contributed by atoms with Crippen LogP contribution in [-0.2, 0) is 19.1 Å². The number of ether oxygens (including phenoxy) is 2. The molecule has 3 N–H and O–H groups in total. The molecule has 32 heavy (non-hydrogen) atoms. The molecule has 0 fully saturated rings. The zero-order chi connectivity index (χ0) is 23.1. The van der Waals surface area contributed by atoms with Crippen molar-refractivity contribution in [2.45, 2.75) is 13.3 Å². The number of para-hydroxylation sites is 1. The lowest BCUT2D eigenvalue weighted by Gasteiger charge is -2.10. The first kappa shape index (κ1) is 22.5. The maximum atomic E-state index is 12.3. The van der Waals surface area contributed by atoms with E-state index in [1.807, 2.05) is 6.07 Å². The van der Waals surface area contributed by atoms with Gasteiger partial charge in [-0.2, -0.15) is 5.10 Å². The summed E-state index contributed by atoms with van der Waals surface area (Å²) < 4.78 is 9.60. The third-order valence-corrected chi connectivity index (χ3v) is 4.60. The summed E-state index contributed by atoms with van der Waals surface area (Å²) in [7, 11) is 1.26. The summed E-state index contributed by atoms with van der Waals surface area (Å²) in [5.41, 5.74) is 2.39. The maximum absolute atomic E-state index is 12.3. The molecule has 0 aliphatic rings. The Morgan fingerprint density at radius 1 is 1.09 bits per heavy atom. The fraction of sp³-hybridized carbons (Fsp3) is 0.227. The highest BCUT2D eigenvalue weighted by molar-refractivity contribution is 6.04. The minimum atomic E-state index is -0.646. The molecule has 0 saturated heterocycles. The van der Waals surface area contributed by atoms with Crippen LogP contribution < -0.4 is 10.6 Å². The molecule has 2 aromatic carbocycles. The van der Waals surface area contributed by atoms with E-state index in [2.05, 4.69) is 25.6 Å². The molecule has 1 heterocycles. The first-order chi connectivity index (χ1) is 15.4. The number of anilines is 1. The number of hydrogen-bond donors (Lipinski definition) is 3. The van der Waals surface area contributed by atoms with Gasteiger partial charge in [0.05, 0.1) is 24.6 Å². The molecule has 0 atom stereocenters. The minimum Gasteiger partial charge on any atom is -0.465 e. The zero-order valence-electron chi connectivity index (χ0n) is 17.6. The number of rotatable bonds is 8. The Kier molecular flexibility index (Phi) is 7.17. The highest BCUT2D eigenvalue weighted by Gasteiger charge is 2.15. The number of H-pyrrole nitrogens is 1. The lowest BCUT2D eigenvalue weighted by molar-refractivity contribution is -0.147. The van der Waals surface area contributed by atoms with Gasteiger partial charge in [-0.1, -0.05) is 24.3 Å². The van der Waals surface area contributed by atoms with Crippen LogP contribution in [0, 0.1) is 6.92 Å². The van der Waals surface area contributed by atoms with Crippen molar-refractivity contribution in [2.24, 2.45) is 0 Å². The van der Waals surface area contributed by atoms with E-state index >= 15 is 0 Å². The number of fused-ring (bicyclic) bond motifs is 1. The number of aromatic nitrogens is 2. The number of methoxy groups -OCH3 is 1. The molecule has 0 saturated carbocycles. The first-order valence-corrected chi connectivity index (χ1v) is 9.74. The second kappa shape index (κ2) is 10.2. The molecular weight excluding hydrogens is 416 g/mol. The number of hydrogen-bond acceptors (Lipinski definition) is 7. The maximum Gasteiger partial charge on any atom is 0.337 e. The smallest absolute Gasteiger partial charge is 0.337 e. The van der Waals surface area contributed by atoms with Crippen LogP contribution in [0.3, 0.4) is 0 Å². The normalized spacial score (nSPS) is 10.4. The molecule has 0 spiro atoms. The second-order valence-electron chi connectivity index (χ2n) is 6.85. The van der Waals surface area contributed by atoms with Crippen molar-refractivity contribution in [1.82, 2.24) is 15.5 Å². The van der Waals surface area contributed by atoms with Gasteiger partial charge < -0.3 is 20.1 Å². The largest absolute Gasteiger partial charge is 0.465 e. The number of aryl methyl sites for hydroxylation is 1. The van der Waals surface area contributed by atoms with Crippen LogP contribution >= 0.6 is 0 Å². The fourth-order valence-electron chi connectivity index (χ4n) is 2.90. The summed E-state index contributed by atoms with van der Waals surface area (Å²) in [6, 6.07) is 11.9. The van der Waals surface area contributed by atoms with E-state index in [4.69, 9.17) is 4.74 Å². The van der Waals surface area contributed by atoms with Gasteiger partial charge in [-0.15, -0.1) is 0 Å². The molecule has 0 aliphatic heterocycles. The van der Waals surface area contributed by atoms with Crippen molar-refractivity contribution in [3.05, 3.63) is 59.3 Å². The monoisotopic (exact) mass is 438 g/mol. The fourth-order valence-corrected chi connectivity index (χ4v) is 2.90. The molecule has 10 nitrogen and oxygen atoms in total. The van der Waals surface area contributed by atoms with E-state index in [9.17, 15) is 19.2 Å². The van der Waals surface area contributed by atoms with E-state index < -0.39 is 30.4 Å². The lowest BCUT2D eigenvalue weighted by atomic mass is 10.1. The summed E-state index contributed by atoms with van der Waals surface area (Å²) in [5, 5.41) is 12.6. The van der Waals surface area contributed by atoms with Crippen molar-refractivity contribution < 1.29 is 28.7 Å². The van der Waals surface area contributed by atoms with E-state index in [-0.39, 0.29) is 24.2 Å². The van der Waals surface area contributed by atoms with Crippen molar-refractivity contribution >= 4 is 40.3 Å². The second-order valence-corrected chi connectivity index (χ2v) is 6.85. The van der Waals surface area contributed by atoms with Crippen LogP contribution in [0.4, 0.5) is 5.69 Å². The predicted octanol–water partition coefficient (Wildman–Crippen LogP) is 1.96. The molecule has 0 unspecified atom stereocenters. The van der Waals surface area contributed by atoms with Crippen LogP contribution in [0.1, 0.15) is 32.8 Å². The summed E-state index contributed by atoms with van der Waals surface area (Å²) in [5.74, 6) is -2.16. The Hall–Kier alpha value is -4.21. The predicted molar refractivity (Wildman–Crippen MR) is 115 cm³/mol. The standard InChI is InChI=1S/C22H22N4O6/c1-13-7-8-14(22(30)31-2)11-17(13)24-18(27)12-32-19(28)9-10-23-21(29)20-15-5-3-4-6-16(15)25-26-20/h3-8,11H,9-10,12H2,1-2H3,(H,23,29)(H,24,27)(H,25,26). The number of benzene rings is 2. The molecular formula is C22H22N4O6. The number of nitrogens with zero attached hydrogens (tertiary/aromatic N) is 1. The SMILES string of the molecule is COC(=O)c1ccc(C)c(NC(=O)COC(=O)CCNC(=O)c2n[nH]c3ccccc23)c1. The van der Waals surface area contributed by atoms with E-state index in [1.54, 1.807) is 37.3 Å². The average Bonchev–Trinajstić information content (AvgIpc) is 3.23. The summed E-state index contributed by atoms with van der Waals surface area (Å²) in [4.78, 5) is 47.9. The Morgan fingerprint density at radius 2 is 1.88 bits per heavy atom. The number of aromatic amines is 1. The molecule has 2 amide bonds. The molecule has 0 bridgehead atoms. The van der Waals surface area contributed by atoms with Gasteiger partial charge in [0.15, 0.2) is 12.3 Å². The Labute approximate surface area is 183 Å². The molecule has 3 rings (SSSR count). The third kappa shape index (κ3) is 5.48. The lowest BCUT2D eigenvalue weighted by Crippen LogP contribution is -2.28. The van der Waals surface area contributed by atoms with Gasteiger partial charge >= 0.3 is 11.9 Å².